The Morgan fingerprint density at radius 1 is 0.929 bits per heavy atom. The first-order valence-electron chi connectivity index (χ1n) is 11.0. The largest absolute Gasteiger partial charge is 0.351 e. The molecule has 0 atom stereocenters. The van der Waals surface area contributed by atoms with Crippen LogP contribution < -0.4 is 5.32 Å². The molecule has 4 nitrogen and oxygen atoms in total. The smallest absolute Gasteiger partial charge is 0.225 e. The summed E-state index contributed by atoms with van der Waals surface area (Å²) >= 11 is 0. The van der Waals surface area contributed by atoms with E-state index in [4.69, 9.17) is 0 Å². The summed E-state index contributed by atoms with van der Waals surface area (Å²) in [5.41, 5.74) is 1.22. The summed E-state index contributed by atoms with van der Waals surface area (Å²) in [6.07, 6.45) is 6.70. The second-order valence-corrected chi connectivity index (χ2v) is 9.75. The fraction of sp³-hybridized carbons (Fsp3) is 0.667. The molecular weight excluding hydrogens is 348 g/mol. The van der Waals surface area contributed by atoms with Crippen LogP contribution in [0.3, 0.4) is 0 Å². The van der Waals surface area contributed by atoms with E-state index in [9.17, 15) is 9.59 Å². The highest BCUT2D eigenvalue weighted by Gasteiger charge is 2.34. The zero-order valence-corrected chi connectivity index (χ0v) is 17.7. The summed E-state index contributed by atoms with van der Waals surface area (Å²) in [6.45, 7) is 7.83. The molecule has 0 unspecified atom stereocenters. The topological polar surface area (TPSA) is 49.4 Å². The van der Waals surface area contributed by atoms with Gasteiger partial charge in [0.05, 0.1) is 0 Å². The van der Waals surface area contributed by atoms with Crippen molar-refractivity contribution in [3.63, 3.8) is 0 Å². The Morgan fingerprint density at radius 2 is 1.50 bits per heavy atom. The van der Waals surface area contributed by atoms with Gasteiger partial charge in [-0.2, -0.15) is 0 Å². The van der Waals surface area contributed by atoms with Gasteiger partial charge < -0.3 is 10.2 Å². The van der Waals surface area contributed by atoms with E-state index in [0.717, 1.165) is 58.0 Å². The maximum atomic E-state index is 12.9. The SMILES string of the molecule is CC(C)(C)NC(=O)C1CCC(C(=O)N2CCC(Cc3ccccc3)CC2)CC1. The van der Waals surface area contributed by atoms with Crippen LogP contribution in [0.2, 0.25) is 0 Å². The van der Waals surface area contributed by atoms with E-state index in [1.807, 2.05) is 20.8 Å². The number of amides is 2. The number of likely N-dealkylation sites (tertiary alicyclic amines) is 1. The van der Waals surface area contributed by atoms with Crippen molar-refractivity contribution >= 4 is 11.8 Å². The summed E-state index contributed by atoms with van der Waals surface area (Å²) in [5, 5.41) is 3.09. The highest BCUT2D eigenvalue weighted by atomic mass is 16.2. The number of nitrogens with zero attached hydrogens (tertiary/aromatic N) is 1. The lowest BCUT2D eigenvalue weighted by Crippen LogP contribution is -2.46. The molecule has 2 aliphatic rings. The Morgan fingerprint density at radius 3 is 2.07 bits per heavy atom. The van der Waals surface area contributed by atoms with E-state index in [1.54, 1.807) is 0 Å². The molecule has 0 radical (unpaired) electrons. The molecule has 154 valence electrons. The Bertz CT molecular complexity index is 649. The molecular formula is C24H36N2O2. The number of benzene rings is 1. The molecule has 1 heterocycles. The van der Waals surface area contributed by atoms with Gasteiger partial charge in [0.15, 0.2) is 0 Å². The number of hydrogen-bond acceptors (Lipinski definition) is 2. The predicted molar refractivity (Wildman–Crippen MR) is 113 cm³/mol. The molecule has 1 aliphatic carbocycles. The second kappa shape index (κ2) is 9.11. The maximum Gasteiger partial charge on any atom is 0.225 e. The molecule has 2 fully saturated rings. The van der Waals surface area contributed by atoms with E-state index in [1.165, 1.54) is 5.56 Å². The number of piperidine rings is 1. The zero-order chi connectivity index (χ0) is 20.1. The van der Waals surface area contributed by atoms with Gasteiger partial charge in [-0.1, -0.05) is 30.3 Å². The molecule has 2 amide bonds. The van der Waals surface area contributed by atoms with E-state index in [0.29, 0.717) is 11.8 Å². The van der Waals surface area contributed by atoms with E-state index < -0.39 is 0 Å². The minimum absolute atomic E-state index is 0.0693. The van der Waals surface area contributed by atoms with Gasteiger partial charge in [0.25, 0.3) is 0 Å². The first-order valence-corrected chi connectivity index (χ1v) is 11.0. The Balaban J connectivity index is 1.42. The van der Waals surface area contributed by atoms with Crippen LogP contribution in [0, 0.1) is 17.8 Å². The summed E-state index contributed by atoms with van der Waals surface area (Å²) in [7, 11) is 0. The van der Waals surface area contributed by atoms with Crippen molar-refractivity contribution in [3.05, 3.63) is 35.9 Å². The molecule has 1 aromatic carbocycles. The highest BCUT2D eigenvalue weighted by Crippen LogP contribution is 2.32. The lowest BCUT2D eigenvalue weighted by atomic mass is 9.80. The van der Waals surface area contributed by atoms with Gasteiger partial charge in [0.1, 0.15) is 0 Å². The number of carbonyl (C=O) groups is 2. The molecule has 0 bridgehead atoms. The van der Waals surface area contributed by atoms with Gasteiger partial charge in [-0.15, -0.1) is 0 Å². The summed E-state index contributed by atoms with van der Waals surface area (Å²) in [5.74, 6) is 1.35. The molecule has 1 saturated heterocycles. The van der Waals surface area contributed by atoms with Crippen molar-refractivity contribution in [2.24, 2.45) is 17.8 Å². The van der Waals surface area contributed by atoms with Crippen LogP contribution >= 0.6 is 0 Å². The quantitative estimate of drug-likeness (QED) is 0.846. The van der Waals surface area contributed by atoms with Crippen molar-refractivity contribution in [2.45, 2.75) is 71.3 Å². The summed E-state index contributed by atoms with van der Waals surface area (Å²) < 4.78 is 0. The van der Waals surface area contributed by atoms with Gasteiger partial charge in [-0.25, -0.2) is 0 Å². The normalized spacial score (nSPS) is 24.0. The molecule has 1 aliphatic heterocycles. The number of nitrogens with one attached hydrogen (secondary N) is 1. The molecule has 28 heavy (non-hydrogen) atoms. The van der Waals surface area contributed by atoms with Gasteiger partial charge in [0, 0.05) is 30.5 Å². The van der Waals surface area contributed by atoms with Crippen LogP contribution in [0.1, 0.15) is 64.9 Å². The Labute approximate surface area is 170 Å². The lowest BCUT2D eigenvalue weighted by Gasteiger charge is -2.36. The molecule has 1 aromatic rings. The van der Waals surface area contributed by atoms with Gasteiger partial charge in [0.2, 0.25) is 11.8 Å². The first-order chi connectivity index (χ1) is 13.3. The minimum atomic E-state index is -0.187. The van der Waals surface area contributed by atoms with E-state index >= 15 is 0 Å². The zero-order valence-electron chi connectivity index (χ0n) is 17.7. The van der Waals surface area contributed by atoms with Crippen molar-refractivity contribution in [1.29, 1.82) is 0 Å². The summed E-state index contributed by atoms with van der Waals surface area (Å²) in [6, 6.07) is 10.7. The van der Waals surface area contributed by atoms with Crippen molar-refractivity contribution in [2.75, 3.05) is 13.1 Å². The third kappa shape index (κ3) is 5.83. The van der Waals surface area contributed by atoms with Crippen LogP contribution in [0.15, 0.2) is 30.3 Å². The monoisotopic (exact) mass is 384 g/mol. The highest BCUT2D eigenvalue weighted by molar-refractivity contribution is 5.81. The van der Waals surface area contributed by atoms with Crippen LogP contribution in [-0.2, 0) is 16.0 Å². The molecule has 1 N–H and O–H groups in total. The number of rotatable bonds is 4. The third-order valence-corrected chi connectivity index (χ3v) is 6.24. The number of hydrogen-bond donors (Lipinski definition) is 1. The number of carbonyl (C=O) groups excluding carboxylic acids is 2. The molecule has 0 spiro atoms. The maximum absolute atomic E-state index is 12.9. The molecule has 3 rings (SSSR count). The van der Waals surface area contributed by atoms with Crippen molar-refractivity contribution in [1.82, 2.24) is 10.2 Å². The fourth-order valence-corrected chi connectivity index (χ4v) is 4.64. The van der Waals surface area contributed by atoms with Gasteiger partial charge in [-0.05, 0) is 77.2 Å². The average molecular weight is 385 g/mol. The fourth-order valence-electron chi connectivity index (χ4n) is 4.64. The Hall–Kier alpha value is -1.84. The standard InChI is InChI=1S/C24H36N2O2/c1-24(2,3)25-22(27)20-9-11-21(12-10-20)23(28)26-15-13-19(14-16-26)17-18-7-5-4-6-8-18/h4-8,19-21H,9-17H2,1-3H3,(H,25,27). The van der Waals surface area contributed by atoms with Gasteiger partial charge >= 0.3 is 0 Å². The van der Waals surface area contributed by atoms with E-state index in [2.05, 4.69) is 40.5 Å². The second-order valence-electron chi connectivity index (χ2n) is 9.75. The minimum Gasteiger partial charge on any atom is -0.351 e. The Kier molecular flexibility index (Phi) is 6.79. The summed E-state index contributed by atoms with van der Waals surface area (Å²) in [4.78, 5) is 27.4. The molecule has 4 heteroatoms. The third-order valence-electron chi connectivity index (χ3n) is 6.24. The first kappa shape index (κ1) is 20.9. The average Bonchev–Trinajstić information content (AvgIpc) is 2.68. The molecule has 1 saturated carbocycles. The van der Waals surface area contributed by atoms with Crippen LogP contribution in [0.4, 0.5) is 0 Å². The van der Waals surface area contributed by atoms with E-state index in [-0.39, 0.29) is 23.3 Å². The van der Waals surface area contributed by atoms with Crippen molar-refractivity contribution in [3.8, 4) is 0 Å². The molecule has 0 aromatic heterocycles. The van der Waals surface area contributed by atoms with Crippen LogP contribution in [-0.4, -0.2) is 35.3 Å². The van der Waals surface area contributed by atoms with Crippen LogP contribution in [0.25, 0.3) is 0 Å². The van der Waals surface area contributed by atoms with Crippen LogP contribution in [0.5, 0.6) is 0 Å². The lowest BCUT2D eigenvalue weighted by molar-refractivity contribution is -0.139. The van der Waals surface area contributed by atoms with Crippen molar-refractivity contribution < 1.29 is 9.59 Å². The predicted octanol–water partition coefficient (Wildman–Crippen LogP) is 4.19. The van der Waals surface area contributed by atoms with Gasteiger partial charge in [-0.3, -0.25) is 9.59 Å².